The van der Waals surface area contributed by atoms with Gasteiger partial charge >= 0.3 is 0 Å². The number of hydrogen-bond donors (Lipinski definition) is 1. The highest BCUT2D eigenvalue weighted by Gasteiger charge is 2.16. The molecule has 0 saturated heterocycles. The topological polar surface area (TPSA) is 112 Å². The summed E-state index contributed by atoms with van der Waals surface area (Å²) in [6.45, 7) is 1.89. The average molecular weight is 401 g/mol. The number of aliphatic hydroxyl groups excluding tert-OH is 1. The normalized spacial score (nSPS) is 12.6. The third kappa shape index (κ3) is 3.41. The zero-order valence-electron chi connectivity index (χ0n) is 15.2. The summed E-state index contributed by atoms with van der Waals surface area (Å²) < 4.78 is 8.24. The van der Waals surface area contributed by atoms with Gasteiger partial charge in [0.2, 0.25) is 5.89 Å². The Morgan fingerprint density at radius 3 is 2.79 bits per heavy atom. The van der Waals surface area contributed by atoms with Crippen molar-refractivity contribution < 1.29 is 9.63 Å². The summed E-state index contributed by atoms with van der Waals surface area (Å²) in [6.07, 6.45) is 0.796. The minimum atomic E-state index is -0.790. The summed E-state index contributed by atoms with van der Waals surface area (Å²) in [4.78, 5) is 21.2. The van der Waals surface area contributed by atoms with Crippen molar-refractivity contribution in [2.75, 3.05) is 0 Å². The molecule has 28 heavy (non-hydrogen) atoms. The van der Waals surface area contributed by atoms with Crippen LogP contribution < -0.4 is 5.56 Å². The number of aromatic nitrogens is 6. The highest BCUT2D eigenvalue weighted by atomic mass is 35.5. The van der Waals surface area contributed by atoms with E-state index in [2.05, 4.69) is 20.2 Å². The Bertz CT molecular complexity index is 1190. The molecule has 4 rings (SSSR count). The second-order valence-corrected chi connectivity index (χ2v) is 6.90. The lowest BCUT2D eigenvalue weighted by Gasteiger charge is -2.08. The second kappa shape index (κ2) is 7.17. The maximum Gasteiger partial charge on any atom is 0.265 e. The summed E-state index contributed by atoms with van der Waals surface area (Å²) in [5, 5.41) is 19.5. The van der Waals surface area contributed by atoms with Crippen LogP contribution in [0.5, 0.6) is 0 Å². The third-order valence-corrected chi connectivity index (χ3v) is 4.81. The molecule has 0 fully saturated rings. The van der Waals surface area contributed by atoms with Crippen LogP contribution in [0.3, 0.4) is 0 Å². The van der Waals surface area contributed by atoms with Crippen LogP contribution in [0.25, 0.3) is 11.0 Å². The minimum absolute atomic E-state index is 0.0835. The Hall–Kier alpha value is -3.04. The highest BCUT2D eigenvalue weighted by Crippen LogP contribution is 2.19. The largest absolute Gasteiger partial charge is 0.388 e. The fourth-order valence-corrected chi connectivity index (χ4v) is 3.05. The van der Waals surface area contributed by atoms with Gasteiger partial charge in [-0.2, -0.15) is 10.1 Å². The monoisotopic (exact) mass is 400 g/mol. The minimum Gasteiger partial charge on any atom is -0.388 e. The number of halogens is 1. The van der Waals surface area contributed by atoms with Crippen LogP contribution in [-0.2, 0) is 20.0 Å². The number of aryl methyl sites for hydroxylation is 2. The van der Waals surface area contributed by atoms with Gasteiger partial charge in [-0.05, 0) is 24.6 Å². The van der Waals surface area contributed by atoms with E-state index in [9.17, 15) is 9.90 Å². The first-order valence-electron chi connectivity index (χ1n) is 8.56. The van der Waals surface area contributed by atoms with E-state index in [-0.39, 0.29) is 24.4 Å². The van der Waals surface area contributed by atoms with Crippen LogP contribution in [0, 0.1) is 6.92 Å². The maximum atomic E-state index is 12.7. The van der Waals surface area contributed by atoms with E-state index in [4.69, 9.17) is 16.1 Å². The molecule has 10 heteroatoms. The Morgan fingerprint density at radius 1 is 1.29 bits per heavy atom. The molecule has 1 unspecified atom stereocenters. The van der Waals surface area contributed by atoms with Crippen molar-refractivity contribution in [3.8, 4) is 0 Å². The molecule has 1 N–H and O–H groups in total. The number of fused-ring (bicyclic) bond motifs is 1. The van der Waals surface area contributed by atoms with E-state index in [1.54, 1.807) is 36.0 Å². The molecule has 144 valence electrons. The molecule has 0 saturated carbocycles. The van der Waals surface area contributed by atoms with Crippen LogP contribution in [0.1, 0.15) is 29.1 Å². The van der Waals surface area contributed by atoms with Crippen molar-refractivity contribution in [2.45, 2.75) is 26.0 Å². The van der Waals surface area contributed by atoms with Crippen molar-refractivity contribution in [1.82, 2.24) is 29.5 Å². The van der Waals surface area contributed by atoms with Crippen molar-refractivity contribution in [2.24, 2.45) is 7.05 Å². The van der Waals surface area contributed by atoms with Crippen LogP contribution in [0.4, 0.5) is 0 Å². The van der Waals surface area contributed by atoms with E-state index < -0.39 is 6.10 Å². The average Bonchev–Trinajstić information content (AvgIpc) is 3.22. The van der Waals surface area contributed by atoms with Crippen LogP contribution >= 0.6 is 11.6 Å². The van der Waals surface area contributed by atoms with Crippen LogP contribution in [0.15, 0.2) is 39.9 Å². The lowest BCUT2D eigenvalue weighted by molar-refractivity contribution is 0.174. The Balaban J connectivity index is 1.53. The number of nitrogens with zero attached hydrogens (tertiary/aromatic N) is 6. The van der Waals surface area contributed by atoms with E-state index in [1.807, 2.05) is 6.92 Å². The lowest BCUT2D eigenvalue weighted by Crippen LogP contribution is -2.21. The Labute approximate surface area is 164 Å². The number of benzene rings is 1. The van der Waals surface area contributed by atoms with Crippen LogP contribution in [0.2, 0.25) is 5.02 Å². The zero-order chi connectivity index (χ0) is 19.8. The van der Waals surface area contributed by atoms with Gasteiger partial charge in [0.1, 0.15) is 18.3 Å². The smallest absolute Gasteiger partial charge is 0.265 e. The first kappa shape index (κ1) is 18.3. The first-order chi connectivity index (χ1) is 13.4. The molecule has 3 aromatic heterocycles. The molecule has 0 spiro atoms. The van der Waals surface area contributed by atoms with Crippen molar-refractivity contribution in [1.29, 1.82) is 0 Å². The van der Waals surface area contributed by atoms with E-state index in [0.717, 1.165) is 5.69 Å². The molecule has 3 heterocycles. The maximum absolute atomic E-state index is 12.7. The van der Waals surface area contributed by atoms with Crippen LogP contribution in [-0.4, -0.2) is 34.6 Å². The van der Waals surface area contributed by atoms with Crippen molar-refractivity contribution >= 4 is 22.6 Å². The van der Waals surface area contributed by atoms with Gasteiger partial charge in [0.25, 0.3) is 5.56 Å². The van der Waals surface area contributed by atoms with Gasteiger partial charge in [-0.15, -0.1) is 0 Å². The SMILES string of the molecule is Cc1c2c(=O)n(Cc3nc(CC(O)c4ccc(Cl)cc4)no3)cnc2nn1C. The third-order valence-electron chi connectivity index (χ3n) is 4.56. The predicted molar refractivity (Wildman–Crippen MR) is 101 cm³/mol. The van der Waals surface area contributed by atoms with E-state index in [1.165, 1.54) is 10.9 Å². The molecule has 0 aliphatic heterocycles. The van der Waals surface area contributed by atoms with Gasteiger partial charge in [0.05, 0.1) is 11.8 Å². The second-order valence-electron chi connectivity index (χ2n) is 6.46. The summed E-state index contributed by atoms with van der Waals surface area (Å²) in [5.74, 6) is 0.597. The summed E-state index contributed by atoms with van der Waals surface area (Å²) >= 11 is 5.86. The number of rotatable bonds is 5. The predicted octanol–water partition coefficient (Wildman–Crippen LogP) is 1.80. The van der Waals surface area contributed by atoms with E-state index in [0.29, 0.717) is 27.4 Å². The van der Waals surface area contributed by atoms with Crippen molar-refractivity contribution in [3.63, 3.8) is 0 Å². The van der Waals surface area contributed by atoms with Gasteiger partial charge in [-0.25, -0.2) is 4.98 Å². The Morgan fingerprint density at radius 2 is 2.04 bits per heavy atom. The van der Waals surface area contributed by atoms with Gasteiger partial charge in [0.15, 0.2) is 11.5 Å². The fraction of sp³-hybridized carbons (Fsp3) is 0.278. The summed E-state index contributed by atoms with van der Waals surface area (Å²) in [6, 6.07) is 6.89. The summed E-state index contributed by atoms with van der Waals surface area (Å²) in [7, 11) is 1.76. The molecule has 0 aliphatic carbocycles. The highest BCUT2D eigenvalue weighted by molar-refractivity contribution is 6.30. The molecule has 0 bridgehead atoms. The standard InChI is InChI=1S/C18H17ClN6O3/c1-10-16-17(22-24(10)2)20-9-25(18(16)27)8-15-21-14(23-28-15)7-13(26)11-3-5-12(19)6-4-11/h3-6,9,13,26H,7-8H2,1-2H3. The number of aliphatic hydroxyl groups is 1. The molecule has 1 aromatic carbocycles. The molecule has 0 radical (unpaired) electrons. The first-order valence-corrected chi connectivity index (χ1v) is 8.94. The molecule has 1 atom stereocenters. The molecular formula is C18H17ClN6O3. The van der Waals surface area contributed by atoms with Gasteiger partial charge in [-0.3, -0.25) is 14.0 Å². The Kier molecular flexibility index (Phi) is 4.70. The van der Waals surface area contributed by atoms with Gasteiger partial charge < -0.3 is 9.63 Å². The summed E-state index contributed by atoms with van der Waals surface area (Å²) in [5.41, 5.74) is 1.61. The van der Waals surface area contributed by atoms with Gasteiger partial charge in [-0.1, -0.05) is 28.9 Å². The number of hydrogen-bond acceptors (Lipinski definition) is 7. The lowest BCUT2D eigenvalue weighted by atomic mass is 10.1. The fourth-order valence-electron chi connectivity index (χ4n) is 2.92. The molecule has 4 aromatic rings. The van der Waals surface area contributed by atoms with Crippen molar-refractivity contribution in [3.05, 3.63) is 68.9 Å². The molecular weight excluding hydrogens is 384 g/mol. The molecule has 0 aliphatic rings. The molecule has 9 nitrogen and oxygen atoms in total. The molecule has 0 amide bonds. The zero-order valence-corrected chi connectivity index (χ0v) is 16.0. The van der Waals surface area contributed by atoms with Gasteiger partial charge in [0, 0.05) is 18.5 Å². The van der Waals surface area contributed by atoms with E-state index >= 15 is 0 Å². The quantitative estimate of drug-likeness (QED) is 0.543.